The van der Waals surface area contributed by atoms with Gasteiger partial charge in [-0.3, -0.25) is 4.79 Å². The van der Waals surface area contributed by atoms with Crippen molar-refractivity contribution in [2.45, 2.75) is 23.5 Å². The lowest BCUT2D eigenvalue weighted by atomic mass is 10.2. The molecule has 2 aromatic carbocycles. The second-order valence-corrected chi connectivity index (χ2v) is 10.3. The van der Waals surface area contributed by atoms with Crippen molar-refractivity contribution in [1.29, 1.82) is 0 Å². The molecule has 7 nitrogen and oxygen atoms in total. The van der Waals surface area contributed by atoms with Crippen LogP contribution in [0.5, 0.6) is 0 Å². The molecule has 158 valence electrons. The van der Waals surface area contributed by atoms with E-state index in [-0.39, 0.29) is 31.0 Å². The molecule has 2 aromatic rings. The first-order valence-corrected chi connectivity index (χ1v) is 12.0. The van der Waals surface area contributed by atoms with Crippen LogP contribution in [0.3, 0.4) is 0 Å². The van der Waals surface area contributed by atoms with Crippen LogP contribution >= 0.6 is 0 Å². The number of carbonyl (C=O) groups excluding carboxylic acids is 1. The summed E-state index contributed by atoms with van der Waals surface area (Å²) in [7, 11) is -7.31. The highest BCUT2D eigenvalue weighted by Gasteiger charge is 2.19. The van der Waals surface area contributed by atoms with Gasteiger partial charge in [-0.25, -0.2) is 30.3 Å². The van der Waals surface area contributed by atoms with Crippen molar-refractivity contribution >= 4 is 31.5 Å². The molecule has 0 atom stereocenters. The van der Waals surface area contributed by atoms with Crippen molar-refractivity contribution in [2.75, 3.05) is 18.1 Å². The van der Waals surface area contributed by atoms with E-state index < -0.39 is 36.4 Å². The molecule has 0 spiro atoms. The molecule has 0 radical (unpaired) electrons. The first-order chi connectivity index (χ1) is 13.5. The highest BCUT2D eigenvalue weighted by molar-refractivity contribution is 7.90. The first kappa shape index (κ1) is 22.9. The smallest absolute Gasteiger partial charge is 0.243 e. The fourth-order valence-electron chi connectivity index (χ4n) is 2.44. The van der Waals surface area contributed by atoms with Gasteiger partial charge in [-0.05, 0) is 36.2 Å². The molecule has 1 amide bonds. The Morgan fingerprint density at radius 2 is 1.66 bits per heavy atom. The van der Waals surface area contributed by atoms with E-state index in [0.717, 1.165) is 18.4 Å². The minimum absolute atomic E-state index is 0.000485. The molecule has 0 aliphatic rings. The van der Waals surface area contributed by atoms with Gasteiger partial charge in [-0.15, -0.1) is 0 Å². The van der Waals surface area contributed by atoms with E-state index in [1.165, 1.54) is 0 Å². The number of sulfonamides is 1. The molecule has 29 heavy (non-hydrogen) atoms. The average Bonchev–Trinajstić information content (AvgIpc) is 2.59. The Morgan fingerprint density at radius 3 is 2.24 bits per heavy atom. The van der Waals surface area contributed by atoms with Crippen LogP contribution in [0.4, 0.5) is 14.5 Å². The summed E-state index contributed by atoms with van der Waals surface area (Å²) >= 11 is 0. The van der Waals surface area contributed by atoms with Gasteiger partial charge in [-0.1, -0.05) is 12.1 Å². The van der Waals surface area contributed by atoms with Gasteiger partial charge in [0, 0.05) is 31.0 Å². The molecule has 0 heterocycles. The molecule has 0 saturated carbocycles. The third kappa shape index (κ3) is 7.52. The monoisotopic (exact) mass is 446 g/mol. The van der Waals surface area contributed by atoms with Crippen molar-refractivity contribution in [1.82, 2.24) is 4.72 Å². The number of halogens is 2. The van der Waals surface area contributed by atoms with Gasteiger partial charge in [0.05, 0.1) is 5.75 Å². The second-order valence-electron chi connectivity index (χ2n) is 6.39. The Bertz CT molecular complexity index is 1090. The van der Waals surface area contributed by atoms with Crippen molar-refractivity contribution < 1.29 is 30.4 Å². The normalized spacial score (nSPS) is 12.0. The zero-order valence-electron chi connectivity index (χ0n) is 15.5. The minimum atomic E-state index is -4.16. The SMILES string of the molecule is CS(=O)(=O)Cc1ccc(NC(=O)CCCNS(=O)(=O)c2ccc(F)cc2F)cc1. The minimum Gasteiger partial charge on any atom is -0.326 e. The zero-order chi connectivity index (χ0) is 21.7. The van der Waals surface area contributed by atoms with Crippen LogP contribution in [-0.4, -0.2) is 35.5 Å². The van der Waals surface area contributed by atoms with Crippen molar-refractivity contribution in [3.8, 4) is 0 Å². The van der Waals surface area contributed by atoms with Gasteiger partial charge in [0.15, 0.2) is 9.84 Å². The Labute approximate surface area is 168 Å². The summed E-state index contributed by atoms with van der Waals surface area (Å²) in [5, 5.41) is 2.61. The maximum absolute atomic E-state index is 13.6. The number of rotatable bonds is 9. The summed E-state index contributed by atoms with van der Waals surface area (Å²) in [5.41, 5.74) is 1.06. The van der Waals surface area contributed by atoms with E-state index in [1.54, 1.807) is 24.3 Å². The number of nitrogens with one attached hydrogen (secondary N) is 2. The number of amides is 1. The lowest BCUT2D eigenvalue weighted by Gasteiger charge is -2.09. The number of hydrogen-bond acceptors (Lipinski definition) is 5. The van der Waals surface area contributed by atoms with Gasteiger partial charge in [0.2, 0.25) is 15.9 Å². The van der Waals surface area contributed by atoms with Crippen molar-refractivity contribution in [3.63, 3.8) is 0 Å². The first-order valence-electron chi connectivity index (χ1n) is 8.47. The third-order valence-electron chi connectivity index (χ3n) is 3.72. The van der Waals surface area contributed by atoms with E-state index in [9.17, 15) is 30.4 Å². The summed E-state index contributed by atoms with van der Waals surface area (Å²) in [4.78, 5) is 11.3. The Kier molecular flexibility index (Phi) is 7.44. The predicted octanol–water partition coefficient (Wildman–Crippen LogP) is 2.21. The van der Waals surface area contributed by atoms with Gasteiger partial charge in [0.25, 0.3) is 0 Å². The van der Waals surface area contributed by atoms with Crippen LogP contribution in [0.2, 0.25) is 0 Å². The molecule has 0 aliphatic heterocycles. The van der Waals surface area contributed by atoms with Crippen molar-refractivity contribution in [2.24, 2.45) is 0 Å². The van der Waals surface area contributed by atoms with Crippen LogP contribution in [0, 0.1) is 11.6 Å². The summed E-state index contributed by atoms with van der Waals surface area (Å²) in [6, 6.07) is 8.45. The molecule has 0 unspecified atom stereocenters. The molecular weight excluding hydrogens is 426 g/mol. The van der Waals surface area contributed by atoms with Crippen LogP contribution in [-0.2, 0) is 30.4 Å². The third-order valence-corrected chi connectivity index (χ3v) is 6.07. The van der Waals surface area contributed by atoms with E-state index >= 15 is 0 Å². The molecule has 0 saturated heterocycles. The second kappa shape index (κ2) is 9.42. The zero-order valence-corrected chi connectivity index (χ0v) is 17.1. The van der Waals surface area contributed by atoms with E-state index in [0.29, 0.717) is 17.3 Å². The van der Waals surface area contributed by atoms with Gasteiger partial charge in [0.1, 0.15) is 16.5 Å². The molecule has 0 aromatic heterocycles. The molecule has 0 fully saturated rings. The van der Waals surface area contributed by atoms with E-state index in [4.69, 9.17) is 0 Å². The summed E-state index contributed by atoms with van der Waals surface area (Å²) in [6.45, 7) is -0.111. The highest BCUT2D eigenvalue weighted by atomic mass is 32.2. The van der Waals surface area contributed by atoms with Gasteiger partial charge >= 0.3 is 0 Å². The predicted molar refractivity (Wildman–Crippen MR) is 104 cm³/mol. The molecule has 11 heteroatoms. The molecular formula is C18H20F2N2O5S2. The Morgan fingerprint density at radius 1 is 1.00 bits per heavy atom. The highest BCUT2D eigenvalue weighted by Crippen LogP contribution is 2.15. The number of hydrogen-bond donors (Lipinski definition) is 2. The number of carbonyl (C=O) groups is 1. The lowest BCUT2D eigenvalue weighted by Crippen LogP contribution is -2.26. The number of benzene rings is 2. The summed E-state index contributed by atoms with van der Waals surface area (Å²) < 4.78 is 75.1. The van der Waals surface area contributed by atoms with E-state index in [2.05, 4.69) is 10.0 Å². The fourth-order valence-corrected chi connectivity index (χ4v) is 4.37. The summed E-state index contributed by atoms with van der Waals surface area (Å²) in [5.74, 6) is -2.55. The maximum atomic E-state index is 13.6. The summed E-state index contributed by atoms with van der Waals surface area (Å²) in [6.07, 6.45) is 1.28. The fraction of sp³-hybridized carbons (Fsp3) is 0.278. The molecule has 2 N–H and O–H groups in total. The maximum Gasteiger partial charge on any atom is 0.243 e. The average molecular weight is 446 g/mol. The molecule has 0 bridgehead atoms. The lowest BCUT2D eigenvalue weighted by molar-refractivity contribution is -0.116. The molecule has 2 rings (SSSR count). The van der Waals surface area contributed by atoms with Crippen LogP contribution in [0.1, 0.15) is 18.4 Å². The number of anilines is 1. The van der Waals surface area contributed by atoms with Gasteiger partial charge < -0.3 is 5.32 Å². The van der Waals surface area contributed by atoms with Crippen molar-refractivity contribution in [3.05, 3.63) is 59.7 Å². The van der Waals surface area contributed by atoms with Crippen LogP contribution in [0.25, 0.3) is 0 Å². The standard InChI is InChI=1S/C18H20F2N2O5S2/c1-28(24,25)12-13-4-7-15(8-5-13)22-18(23)3-2-10-21-29(26,27)17-9-6-14(19)11-16(17)20/h4-9,11,21H,2-3,10,12H2,1H3,(H,22,23). The number of sulfone groups is 1. The molecule has 0 aliphatic carbocycles. The Balaban J connectivity index is 1.81. The quantitative estimate of drug-likeness (QED) is 0.574. The van der Waals surface area contributed by atoms with Crippen LogP contribution < -0.4 is 10.0 Å². The largest absolute Gasteiger partial charge is 0.326 e. The topological polar surface area (TPSA) is 109 Å². The van der Waals surface area contributed by atoms with Gasteiger partial charge in [-0.2, -0.15) is 0 Å². The Hall–Kier alpha value is -2.37. The van der Waals surface area contributed by atoms with Crippen LogP contribution in [0.15, 0.2) is 47.4 Å². The van der Waals surface area contributed by atoms with E-state index in [1.807, 2.05) is 0 Å².